The lowest BCUT2D eigenvalue weighted by atomic mass is 10.2. The van der Waals surface area contributed by atoms with E-state index in [0.717, 1.165) is 12.8 Å². The Hall–Kier alpha value is -2.08. The second-order valence-electron chi connectivity index (χ2n) is 4.85. The van der Waals surface area contributed by atoms with E-state index in [1.165, 1.54) is 7.11 Å². The van der Waals surface area contributed by atoms with E-state index in [2.05, 4.69) is 12.2 Å². The van der Waals surface area contributed by atoms with Gasteiger partial charge in [-0.1, -0.05) is 13.3 Å². The molecule has 0 bridgehead atoms. The maximum Gasteiger partial charge on any atom is 0.265 e. The van der Waals surface area contributed by atoms with E-state index in [4.69, 9.17) is 9.47 Å². The molecule has 1 aromatic carbocycles. The van der Waals surface area contributed by atoms with Crippen LogP contribution in [0.15, 0.2) is 18.2 Å². The maximum absolute atomic E-state index is 12.0. The Morgan fingerprint density at radius 3 is 3.00 bits per heavy atom. The fourth-order valence-corrected chi connectivity index (χ4v) is 2.17. The van der Waals surface area contributed by atoms with Crippen LogP contribution in [0.25, 0.3) is 0 Å². The zero-order valence-electron chi connectivity index (χ0n) is 12.3. The molecule has 2 rings (SSSR count). The highest BCUT2D eigenvalue weighted by Gasteiger charge is 2.25. The minimum absolute atomic E-state index is 0.00787. The molecule has 114 valence electrons. The van der Waals surface area contributed by atoms with Gasteiger partial charge in [-0.15, -0.1) is 0 Å². The van der Waals surface area contributed by atoms with Crippen molar-refractivity contribution in [3.8, 4) is 5.75 Å². The number of methoxy groups -OCH3 is 1. The first kappa shape index (κ1) is 15.3. The molecule has 1 aromatic rings. The van der Waals surface area contributed by atoms with Crippen LogP contribution in [-0.2, 0) is 14.3 Å². The smallest absolute Gasteiger partial charge is 0.265 e. The van der Waals surface area contributed by atoms with Crippen molar-refractivity contribution in [1.82, 2.24) is 0 Å². The molecule has 1 heterocycles. The minimum atomic E-state index is -0.236. The zero-order chi connectivity index (χ0) is 15.2. The van der Waals surface area contributed by atoms with Gasteiger partial charge in [-0.3, -0.25) is 9.59 Å². The van der Waals surface area contributed by atoms with Crippen molar-refractivity contribution in [2.24, 2.45) is 0 Å². The molecule has 0 fully saturated rings. The van der Waals surface area contributed by atoms with Gasteiger partial charge in [0.25, 0.3) is 5.91 Å². The van der Waals surface area contributed by atoms with Gasteiger partial charge < -0.3 is 19.7 Å². The Labute approximate surface area is 124 Å². The van der Waals surface area contributed by atoms with Gasteiger partial charge in [0, 0.05) is 19.3 Å². The van der Waals surface area contributed by atoms with Crippen molar-refractivity contribution < 1.29 is 19.1 Å². The van der Waals surface area contributed by atoms with Gasteiger partial charge in [-0.25, -0.2) is 0 Å². The first-order valence-corrected chi connectivity index (χ1v) is 7.01. The van der Waals surface area contributed by atoms with E-state index in [-0.39, 0.29) is 25.0 Å². The summed E-state index contributed by atoms with van der Waals surface area (Å²) in [4.78, 5) is 25.3. The van der Waals surface area contributed by atoms with E-state index in [1.54, 1.807) is 23.1 Å². The van der Waals surface area contributed by atoms with Gasteiger partial charge in [0.1, 0.15) is 12.4 Å². The van der Waals surface area contributed by atoms with Crippen LogP contribution in [0.4, 0.5) is 11.4 Å². The number of hydrogen-bond donors (Lipinski definition) is 1. The molecule has 0 atom stereocenters. The van der Waals surface area contributed by atoms with Gasteiger partial charge >= 0.3 is 0 Å². The van der Waals surface area contributed by atoms with Crippen molar-refractivity contribution in [3.63, 3.8) is 0 Å². The molecule has 6 heteroatoms. The van der Waals surface area contributed by atoms with Crippen LogP contribution in [0.5, 0.6) is 5.75 Å². The molecule has 0 unspecified atom stereocenters. The summed E-state index contributed by atoms with van der Waals surface area (Å²) in [5.41, 5.74) is 1.32. The number of anilines is 2. The predicted octanol–water partition coefficient (Wildman–Crippen LogP) is 1.80. The third-order valence-electron chi connectivity index (χ3n) is 3.20. The Bertz CT molecular complexity index is 530. The van der Waals surface area contributed by atoms with Gasteiger partial charge in [0.2, 0.25) is 5.91 Å². The van der Waals surface area contributed by atoms with Crippen LogP contribution in [0.1, 0.15) is 19.8 Å². The summed E-state index contributed by atoms with van der Waals surface area (Å²) in [7, 11) is 1.46. The van der Waals surface area contributed by atoms with Crippen molar-refractivity contribution >= 4 is 23.2 Å². The summed E-state index contributed by atoms with van der Waals surface area (Å²) >= 11 is 0. The molecule has 21 heavy (non-hydrogen) atoms. The van der Waals surface area contributed by atoms with E-state index in [9.17, 15) is 9.59 Å². The highest BCUT2D eigenvalue weighted by atomic mass is 16.5. The second-order valence-corrected chi connectivity index (χ2v) is 4.85. The monoisotopic (exact) mass is 292 g/mol. The van der Waals surface area contributed by atoms with Gasteiger partial charge in [0.05, 0.1) is 5.69 Å². The summed E-state index contributed by atoms with van der Waals surface area (Å²) in [5, 5.41) is 2.73. The largest absolute Gasteiger partial charge is 0.482 e. The number of amides is 2. The number of rotatable bonds is 6. The molecule has 2 amide bonds. The summed E-state index contributed by atoms with van der Waals surface area (Å²) in [6, 6.07) is 5.28. The van der Waals surface area contributed by atoms with Crippen LogP contribution in [0.3, 0.4) is 0 Å². The van der Waals surface area contributed by atoms with Crippen LogP contribution in [0, 0.1) is 0 Å². The van der Waals surface area contributed by atoms with Crippen LogP contribution >= 0.6 is 0 Å². The van der Waals surface area contributed by atoms with E-state index < -0.39 is 0 Å². The molecular formula is C15H20N2O4. The Morgan fingerprint density at radius 2 is 2.29 bits per heavy atom. The average Bonchev–Trinajstić information content (AvgIpc) is 2.46. The van der Waals surface area contributed by atoms with Crippen molar-refractivity contribution in [2.75, 3.05) is 37.1 Å². The lowest BCUT2D eigenvalue weighted by Crippen LogP contribution is -2.39. The van der Waals surface area contributed by atoms with Crippen molar-refractivity contribution in [2.45, 2.75) is 19.8 Å². The summed E-state index contributed by atoms with van der Waals surface area (Å²) in [6.07, 6.45) is 1.93. The van der Waals surface area contributed by atoms with Crippen LogP contribution < -0.4 is 15.0 Å². The highest BCUT2D eigenvalue weighted by Crippen LogP contribution is 2.34. The number of fused-ring (bicyclic) bond motifs is 1. The summed E-state index contributed by atoms with van der Waals surface area (Å²) < 4.78 is 10.2. The van der Waals surface area contributed by atoms with Gasteiger partial charge in [0.15, 0.2) is 6.61 Å². The molecule has 0 radical (unpaired) electrons. The fraction of sp³-hybridized carbons (Fsp3) is 0.467. The number of hydrogen-bond acceptors (Lipinski definition) is 4. The number of ether oxygens (including phenoxy) is 2. The second kappa shape index (κ2) is 7.08. The van der Waals surface area contributed by atoms with Crippen molar-refractivity contribution in [1.29, 1.82) is 0 Å². The highest BCUT2D eigenvalue weighted by molar-refractivity contribution is 5.99. The van der Waals surface area contributed by atoms with Gasteiger partial charge in [-0.05, 0) is 24.6 Å². The van der Waals surface area contributed by atoms with E-state index in [0.29, 0.717) is 23.7 Å². The minimum Gasteiger partial charge on any atom is -0.482 e. The number of nitrogens with one attached hydrogen (secondary N) is 1. The van der Waals surface area contributed by atoms with Crippen LogP contribution in [0.2, 0.25) is 0 Å². The Morgan fingerprint density at radius 1 is 1.48 bits per heavy atom. The SMILES string of the molecule is CCCCN1C(=O)COc2ccc(NC(=O)COC)cc21. The fourth-order valence-electron chi connectivity index (χ4n) is 2.17. The molecule has 0 saturated carbocycles. The maximum atomic E-state index is 12.0. The Kier molecular flexibility index (Phi) is 5.16. The molecule has 0 spiro atoms. The van der Waals surface area contributed by atoms with Crippen LogP contribution in [-0.4, -0.2) is 38.7 Å². The predicted molar refractivity (Wildman–Crippen MR) is 79.7 cm³/mol. The molecular weight excluding hydrogens is 272 g/mol. The first-order valence-electron chi connectivity index (χ1n) is 7.01. The van der Waals surface area contributed by atoms with E-state index in [1.807, 2.05) is 0 Å². The standard InChI is InChI=1S/C15H20N2O4/c1-3-4-7-17-12-8-11(16-14(18)9-20-2)5-6-13(12)21-10-15(17)19/h5-6,8H,3-4,7,9-10H2,1-2H3,(H,16,18). The first-order chi connectivity index (χ1) is 10.2. The molecule has 0 saturated heterocycles. The molecule has 0 aromatic heterocycles. The molecule has 6 nitrogen and oxygen atoms in total. The van der Waals surface area contributed by atoms with Gasteiger partial charge in [-0.2, -0.15) is 0 Å². The summed E-state index contributed by atoms with van der Waals surface area (Å²) in [6.45, 7) is 2.78. The van der Waals surface area contributed by atoms with Crippen molar-refractivity contribution in [3.05, 3.63) is 18.2 Å². The lowest BCUT2D eigenvalue weighted by molar-refractivity contribution is -0.121. The summed E-state index contributed by atoms with van der Waals surface area (Å²) in [5.74, 6) is 0.368. The number of unbranched alkanes of at least 4 members (excludes halogenated alkanes) is 1. The topological polar surface area (TPSA) is 67.9 Å². The number of carbonyl (C=O) groups excluding carboxylic acids is 2. The normalized spacial score (nSPS) is 13.6. The quantitative estimate of drug-likeness (QED) is 0.868. The molecule has 1 aliphatic heterocycles. The molecule has 0 aliphatic carbocycles. The number of benzene rings is 1. The lowest BCUT2D eigenvalue weighted by Gasteiger charge is -2.29. The molecule has 1 N–H and O–H groups in total. The third-order valence-corrected chi connectivity index (χ3v) is 3.20. The Balaban J connectivity index is 2.20. The molecule has 1 aliphatic rings. The third kappa shape index (κ3) is 3.72. The average molecular weight is 292 g/mol. The van der Waals surface area contributed by atoms with E-state index >= 15 is 0 Å². The number of nitrogens with zero attached hydrogens (tertiary/aromatic N) is 1. The zero-order valence-corrected chi connectivity index (χ0v) is 12.3. The number of carbonyl (C=O) groups is 2.